The second-order valence-corrected chi connectivity index (χ2v) is 3.14. The van der Waals surface area contributed by atoms with Crippen molar-refractivity contribution in [3.63, 3.8) is 0 Å². The Kier molecular flexibility index (Phi) is 1.53. The van der Waals surface area contributed by atoms with Crippen molar-refractivity contribution in [3.8, 4) is 6.01 Å². The largest absolute Gasteiger partial charge is 0.422 e. The molecule has 3 aromatic rings. The standard InChI is InChI=1S/C10H8N4O/c11-7-3-1-4-8-9(7)13-10(15-8)14-6-2-5-12-14/h1-6H,11H2. The minimum atomic E-state index is 0.424. The van der Waals surface area contributed by atoms with Gasteiger partial charge in [0.05, 0.1) is 5.69 Å². The maximum atomic E-state index is 5.77. The molecule has 0 fully saturated rings. The van der Waals surface area contributed by atoms with Crippen molar-refractivity contribution in [2.24, 2.45) is 0 Å². The molecule has 0 spiro atoms. The molecule has 74 valence electrons. The van der Waals surface area contributed by atoms with Crippen molar-refractivity contribution in [1.29, 1.82) is 0 Å². The quantitative estimate of drug-likeness (QED) is 0.605. The molecule has 15 heavy (non-hydrogen) atoms. The van der Waals surface area contributed by atoms with Crippen LogP contribution in [0.25, 0.3) is 17.1 Å². The van der Waals surface area contributed by atoms with Gasteiger partial charge in [-0.15, -0.1) is 0 Å². The molecule has 2 heterocycles. The third-order valence-corrected chi connectivity index (χ3v) is 2.14. The van der Waals surface area contributed by atoms with E-state index in [-0.39, 0.29) is 0 Å². The van der Waals surface area contributed by atoms with E-state index >= 15 is 0 Å². The Labute approximate surface area is 85.1 Å². The number of aromatic nitrogens is 3. The average molecular weight is 200 g/mol. The van der Waals surface area contributed by atoms with Crippen LogP contribution in [0, 0.1) is 0 Å². The van der Waals surface area contributed by atoms with Crippen LogP contribution >= 0.6 is 0 Å². The van der Waals surface area contributed by atoms with Crippen LogP contribution in [0.5, 0.6) is 0 Å². The van der Waals surface area contributed by atoms with Crippen LogP contribution in [0.1, 0.15) is 0 Å². The van der Waals surface area contributed by atoms with Gasteiger partial charge < -0.3 is 10.2 Å². The predicted molar refractivity (Wildman–Crippen MR) is 55.5 cm³/mol. The van der Waals surface area contributed by atoms with Gasteiger partial charge in [0.1, 0.15) is 5.52 Å². The number of hydrogen-bond acceptors (Lipinski definition) is 4. The topological polar surface area (TPSA) is 69.9 Å². The molecule has 1 aromatic carbocycles. The first-order valence-electron chi connectivity index (χ1n) is 4.49. The predicted octanol–water partition coefficient (Wildman–Crippen LogP) is 1.60. The first-order valence-corrected chi connectivity index (χ1v) is 4.49. The summed E-state index contributed by atoms with van der Waals surface area (Å²) in [5.41, 5.74) is 7.71. The summed E-state index contributed by atoms with van der Waals surface area (Å²) in [5, 5.41) is 4.03. The normalized spacial score (nSPS) is 10.9. The van der Waals surface area contributed by atoms with Gasteiger partial charge in [-0.1, -0.05) is 6.07 Å². The Morgan fingerprint density at radius 2 is 2.20 bits per heavy atom. The molecule has 2 N–H and O–H groups in total. The molecule has 0 saturated heterocycles. The SMILES string of the molecule is Nc1cccc2oc(-n3cccn3)nc12. The molecule has 0 aliphatic rings. The fraction of sp³-hybridized carbons (Fsp3) is 0. The lowest BCUT2D eigenvalue weighted by molar-refractivity contribution is 0.543. The number of oxazole rings is 1. The summed E-state index contributed by atoms with van der Waals surface area (Å²) in [6.45, 7) is 0. The molecule has 0 radical (unpaired) electrons. The van der Waals surface area contributed by atoms with E-state index in [2.05, 4.69) is 10.1 Å². The second-order valence-electron chi connectivity index (χ2n) is 3.14. The third-order valence-electron chi connectivity index (χ3n) is 2.14. The Morgan fingerprint density at radius 3 is 2.93 bits per heavy atom. The average Bonchev–Trinajstić information content (AvgIpc) is 2.86. The molecular formula is C10H8N4O. The molecule has 0 aliphatic carbocycles. The van der Waals surface area contributed by atoms with E-state index in [1.165, 1.54) is 0 Å². The lowest BCUT2D eigenvalue weighted by Crippen LogP contribution is -1.93. The zero-order valence-corrected chi connectivity index (χ0v) is 7.79. The monoisotopic (exact) mass is 200 g/mol. The molecule has 0 aliphatic heterocycles. The molecule has 5 heteroatoms. The Bertz CT molecular complexity index is 597. The van der Waals surface area contributed by atoms with Gasteiger partial charge in [-0.25, -0.2) is 0 Å². The van der Waals surface area contributed by atoms with E-state index in [0.717, 1.165) is 0 Å². The van der Waals surface area contributed by atoms with Crippen LogP contribution in [0.15, 0.2) is 41.1 Å². The van der Waals surface area contributed by atoms with Gasteiger partial charge in [0.15, 0.2) is 5.58 Å². The number of nitrogens with zero attached hydrogens (tertiary/aromatic N) is 3. The number of hydrogen-bond donors (Lipinski definition) is 1. The summed E-state index contributed by atoms with van der Waals surface area (Å²) in [7, 11) is 0. The van der Waals surface area contributed by atoms with E-state index in [0.29, 0.717) is 22.8 Å². The summed E-state index contributed by atoms with van der Waals surface area (Å²) < 4.78 is 7.06. The van der Waals surface area contributed by atoms with Crippen LogP contribution in [0.3, 0.4) is 0 Å². The van der Waals surface area contributed by atoms with Crippen LogP contribution in [0.2, 0.25) is 0 Å². The zero-order valence-electron chi connectivity index (χ0n) is 7.79. The van der Waals surface area contributed by atoms with E-state index in [9.17, 15) is 0 Å². The number of nitrogen functional groups attached to an aromatic ring is 1. The van der Waals surface area contributed by atoms with Crippen molar-refractivity contribution in [1.82, 2.24) is 14.8 Å². The molecule has 0 unspecified atom stereocenters. The molecule has 0 bridgehead atoms. The summed E-state index contributed by atoms with van der Waals surface area (Å²) in [5.74, 6) is 0. The Morgan fingerprint density at radius 1 is 1.27 bits per heavy atom. The highest BCUT2D eigenvalue weighted by Crippen LogP contribution is 2.22. The van der Waals surface area contributed by atoms with Gasteiger partial charge in [-0.05, 0) is 18.2 Å². The van der Waals surface area contributed by atoms with Crippen LogP contribution in [0.4, 0.5) is 5.69 Å². The fourth-order valence-corrected chi connectivity index (χ4v) is 1.44. The number of rotatable bonds is 1. The minimum absolute atomic E-state index is 0.424. The summed E-state index contributed by atoms with van der Waals surface area (Å²) in [6.07, 6.45) is 3.43. The van der Waals surface area contributed by atoms with Crippen molar-refractivity contribution in [2.45, 2.75) is 0 Å². The molecule has 0 saturated carbocycles. The maximum absolute atomic E-state index is 5.77. The van der Waals surface area contributed by atoms with Crippen molar-refractivity contribution in [2.75, 3.05) is 5.73 Å². The van der Waals surface area contributed by atoms with Gasteiger partial charge in [0.2, 0.25) is 0 Å². The molecule has 2 aromatic heterocycles. The van der Waals surface area contributed by atoms with Gasteiger partial charge >= 0.3 is 6.01 Å². The number of fused-ring (bicyclic) bond motifs is 1. The lowest BCUT2D eigenvalue weighted by Gasteiger charge is -1.89. The van der Waals surface area contributed by atoms with E-state index in [1.807, 2.05) is 12.1 Å². The highest BCUT2D eigenvalue weighted by Gasteiger charge is 2.09. The first-order chi connectivity index (χ1) is 7.34. The van der Waals surface area contributed by atoms with E-state index in [1.54, 1.807) is 29.2 Å². The first kappa shape index (κ1) is 8.05. The molecule has 0 atom stereocenters. The van der Waals surface area contributed by atoms with Crippen molar-refractivity contribution < 1.29 is 4.42 Å². The zero-order chi connectivity index (χ0) is 10.3. The molecular weight excluding hydrogens is 192 g/mol. The molecule has 5 nitrogen and oxygen atoms in total. The van der Waals surface area contributed by atoms with Gasteiger partial charge in [-0.3, -0.25) is 0 Å². The Balaban J connectivity index is 2.27. The summed E-state index contributed by atoms with van der Waals surface area (Å²) in [6, 6.07) is 7.67. The summed E-state index contributed by atoms with van der Waals surface area (Å²) >= 11 is 0. The second kappa shape index (κ2) is 2.84. The minimum Gasteiger partial charge on any atom is -0.422 e. The number of benzene rings is 1. The van der Waals surface area contributed by atoms with Crippen molar-refractivity contribution >= 4 is 16.8 Å². The van der Waals surface area contributed by atoms with Gasteiger partial charge in [0, 0.05) is 12.4 Å². The van der Waals surface area contributed by atoms with Crippen LogP contribution < -0.4 is 5.73 Å². The fourth-order valence-electron chi connectivity index (χ4n) is 1.44. The number of para-hydroxylation sites is 1. The van der Waals surface area contributed by atoms with Crippen molar-refractivity contribution in [3.05, 3.63) is 36.7 Å². The number of nitrogens with two attached hydrogens (primary N) is 1. The third kappa shape index (κ3) is 1.17. The van der Waals surface area contributed by atoms with E-state index < -0.39 is 0 Å². The van der Waals surface area contributed by atoms with Crippen LogP contribution in [-0.2, 0) is 0 Å². The Hall–Kier alpha value is -2.30. The smallest absolute Gasteiger partial charge is 0.323 e. The number of anilines is 1. The lowest BCUT2D eigenvalue weighted by atomic mass is 10.3. The highest BCUT2D eigenvalue weighted by molar-refractivity contribution is 5.85. The summed E-state index contributed by atoms with van der Waals surface area (Å²) in [4.78, 5) is 4.26. The van der Waals surface area contributed by atoms with Gasteiger partial charge in [0.25, 0.3) is 0 Å². The highest BCUT2D eigenvalue weighted by atomic mass is 16.4. The molecule has 3 rings (SSSR count). The van der Waals surface area contributed by atoms with E-state index in [4.69, 9.17) is 10.2 Å². The van der Waals surface area contributed by atoms with Crippen LogP contribution in [-0.4, -0.2) is 14.8 Å². The van der Waals surface area contributed by atoms with Gasteiger partial charge in [-0.2, -0.15) is 14.8 Å². The molecule has 0 amide bonds. The maximum Gasteiger partial charge on any atom is 0.323 e.